The Hall–Kier alpha value is -0.0700. The standard InChI is InChI=1S/C2H4O2P/c1-2-5(3)4/h1-2,5H,(H,3,4). The molecule has 0 amide bonds. The van der Waals surface area contributed by atoms with E-state index in [0.717, 1.165) is 5.82 Å². The molecular weight excluding hydrogens is 87.0 g/mol. The van der Waals surface area contributed by atoms with Crippen LogP contribution in [0.4, 0.5) is 0 Å². The second kappa shape index (κ2) is 2.18. The van der Waals surface area contributed by atoms with Gasteiger partial charge in [0.2, 0.25) is 8.03 Å². The van der Waals surface area contributed by atoms with Crippen LogP contribution in [0.25, 0.3) is 0 Å². The molecular formula is C2H4O2P. The Balaban J connectivity index is 3.20. The largest absolute Gasteiger partial charge is 0.343 e. The maximum atomic E-state index is 9.37. The first-order chi connectivity index (χ1) is 2.27. The van der Waals surface area contributed by atoms with Gasteiger partial charge in [-0.05, 0) is 5.82 Å². The number of rotatable bonds is 1. The Labute approximate surface area is 31.0 Å². The summed E-state index contributed by atoms with van der Waals surface area (Å²) in [7, 11) is -2.47. The van der Waals surface area contributed by atoms with E-state index in [1.807, 2.05) is 0 Å². The van der Waals surface area contributed by atoms with Gasteiger partial charge >= 0.3 is 0 Å². The van der Waals surface area contributed by atoms with Crippen molar-refractivity contribution in [2.75, 3.05) is 0 Å². The molecule has 1 N–H and O–H groups in total. The molecule has 0 saturated carbocycles. The molecule has 1 atom stereocenters. The van der Waals surface area contributed by atoms with Crippen molar-refractivity contribution >= 4 is 8.03 Å². The van der Waals surface area contributed by atoms with Gasteiger partial charge in [0.15, 0.2) is 0 Å². The molecule has 3 heteroatoms. The minimum Gasteiger partial charge on any atom is -0.343 e. The van der Waals surface area contributed by atoms with Crippen molar-refractivity contribution in [3.63, 3.8) is 0 Å². The normalized spacial score (nSPS) is 13.8. The van der Waals surface area contributed by atoms with Gasteiger partial charge in [-0.25, -0.2) is 0 Å². The third-order valence-corrected chi connectivity index (χ3v) is 0.428. The van der Waals surface area contributed by atoms with Crippen LogP contribution in [0.1, 0.15) is 0 Å². The molecule has 0 aromatic carbocycles. The van der Waals surface area contributed by atoms with Crippen molar-refractivity contribution in [2.24, 2.45) is 0 Å². The average Bonchev–Trinajstić information content (AvgIpc) is 1.38. The van der Waals surface area contributed by atoms with Gasteiger partial charge in [-0.1, -0.05) is 6.58 Å². The summed E-state index contributed by atoms with van der Waals surface area (Å²) in [5.41, 5.74) is 0. The highest BCUT2D eigenvalue weighted by Crippen LogP contribution is 2.10. The van der Waals surface area contributed by atoms with Crippen molar-refractivity contribution in [1.29, 1.82) is 0 Å². The summed E-state index contributed by atoms with van der Waals surface area (Å²) in [6.45, 7) is 4.53. The second-order valence-electron chi connectivity index (χ2n) is 0.505. The quantitative estimate of drug-likeness (QED) is 0.474. The van der Waals surface area contributed by atoms with Crippen molar-refractivity contribution in [3.05, 3.63) is 12.4 Å². The Bertz CT molecular complexity index is 58.7. The third-order valence-electron chi connectivity index (χ3n) is 0.143. The first kappa shape index (κ1) is 4.93. The lowest BCUT2D eigenvalue weighted by molar-refractivity contribution is 0.512. The molecule has 0 aliphatic rings. The summed E-state index contributed by atoms with van der Waals surface area (Å²) in [6, 6.07) is 0. The SMILES string of the molecule is [CH]=C[PH](=O)O. The van der Waals surface area contributed by atoms with Gasteiger partial charge in [-0.3, -0.25) is 4.57 Å². The van der Waals surface area contributed by atoms with Crippen LogP contribution in [-0.2, 0) is 4.57 Å². The summed E-state index contributed by atoms with van der Waals surface area (Å²) in [4.78, 5) is 7.73. The molecule has 2 nitrogen and oxygen atoms in total. The maximum absolute atomic E-state index is 9.37. The molecule has 1 radical (unpaired) electrons. The molecule has 0 saturated heterocycles. The van der Waals surface area contributed by atoms with Gasteiger partial charge in [0.25, 0.3) is 0 Å². The molecule has 0 spiro atoms. The van der Waals surface area contributed by atoms with Crippen LogP contribution < -0.4 is 0 Å². The van der Waals surface area contributed by atoms with Gasteiger partial charge < -0.3 is 4.89 Å². The molecule has 0 bridgehead atoms. The van der Waals surface area contributed by atoms with Crippen molar-refractivity contribution < 1.29 is 9.46 Å². The van der Waals surface area contributed by atoms with E-state index in [4.69, 9.17) is 4.89 Å². The lowest BCUT2D eigenvalue weighted by Crippen LogP contribution is -1.35. The average molecular weight is 91.0 g/mol. The second-order valence-corrected chi connectivity index (χ2v) is 1.51. The predicted molar refractivity (Wildman–Crippen MR) is 20.1 cm³/mol. The Kier molecular flexibility index (Phi) is 2.15. The van der Waals surface area contributed by atoms with Gasteiger partial charge in [0, 0.05) is 0 Å². The highest BCUT2D eigenvalue weighted by molar-refractivity contribution is 7.41. The Morgan fingerprint density at radius 1 is 2.00 bits per heavy atom. The molecule has 0 aromatic heterocycles. The van der Waals surface area contributed by atoms with E-state index in [1.165, 1.54) is 0 Å². The fourth-order valence-corrected chi connectivity index (χ4v) is 0. The fourth-order valence-electron chi connectivity index (χ4n) is 0. The molecule has 29 valence electrons. The fraction of sp³-hybridized carbons (Fsp3) is 0. The Morgan fingerprint density at radius 3 is 2.20 bits per heavy atom. The van der Waals surface area contributed by atoms with E-state index in [1.54, 1.807) is 0 Å². The Morgan fingerprint density at radius 2 is 2.20 bits per heavy atom. The van der Waals surface area contributed by atoms with E-state index >= 15 is 0 Å². The first-order valence-corrected chi connectivity index (χ1v) is 2.48. The summed E-state index contributed by atoms with van der Waals surface area (Å²) in [6.07, 6.45) is 0. The van der Waals surface area contributed by atoms with Crippen molar-refractivity contribution in [1.82, 2.24) is 0 Å². The summed E-state index contributed by atoms with van der Waals surface area (Å²) < 4.78 is 9.37. The summed E-state index contributed by atoms with van der Waals surface area (Å²) in [5, 5.41) is 0. The lowest BCUT2D eigenvalue weighted by Gasteiger charge is -1.66. The van der Waals surface area contributed by atoms with E-state index in [0.29, 0.717) is 0 Å². The van der Waals surface area contributed by atoms with Crippen molar-refractivity contribution in [2.45, 2.75) is 0 Å². The minimum atomic E-state index is -2.47. The summed E-state index contributed by atoms with van der Waals surface area (Å²) >= 11 is 0. The number of hydrogen-bond donors (Lipinski definition) is 1. The molecule has 0 aliphatic heterocycles. The predicted octanol–water partition coefficient (Wildman–Crippen LogP) is 0.400. The highest BCUT2D eigenvalue weighted by atomic mass is 31.1. The molecule has 0 rings (SSSR count). The van der Waals surface area contributed by atoms with Crippen LogP contribution in [0.2, 0.25) is 0 Å². The smallest absolute Gasteiger partial charge is 0.211 e. The molecule has 0 aromatic rings. The lowest BCUT2D eigenvalue weighted by atomic mass is 11.3. The van der Waals surface area contributed by atoms with Crippen LogP contribution in [0.15, 0.2) is 5.82 Å². The zero-order valence-electron chi connectivity index (χ0n) is 2.51. The summed E-state index contributed by atoms with van der Waals surface area (Å²) in [5.74, 6) is 0.769. The van der Waals surface area contributed by atoms with E-state index in [-0.39, 0.29) is 0 Å². The van der Waals surface area contributed by atoms with Crippen LogP contribution in [-0.4, -0.2) is 4.89 Å². The highest BCUT2D eigenvalue weighted by Gasteiger charge is 1.68. The van der Waals surface area contributed by atoms with Gasteiger partial charge in [0.05, 0.1) is 0 Å². The van der Waals surface area contributed by atoms with Crippen LogP contribution >= 0.6 is 8.03 Å². The zero-order chi connectivity index (χ0) is 4.28. The van der Waals surface area contributed by atoms with Crippen LogP contribution in [0, 0.1) is 6.58 Å². The molecule has 5 heavy (non-hydrogen) atoms. The minimum absolute atomic E-state index is 0.769. The third kappa shape index (κ3) is 3.93. The molecule has 1 unspecified atom stereocenters. The van der Waals surface area contributed by atoms with Crippen molar-refractivity contribution in [3.8, 4) is 0 Å². The number of hydrogen-bond acceptors (Lipinski definition) is 1. The van der Waals surface area contributed by atoms with Gasteiger partial charge in [0.1, 0.15) is 0 Å². The van der Waals surface area contributed by atoms with Gasteiger partial charge in [-0.2, -0.15) is 0 Å². The van der Waals surface area contributed by atoms with Gasteiger partial charge in [-0.15, -0.1) is 0 Å². The van der Waals surface area contributed by atoms with E-state index in [9.17, 15) is 4.57 Å². The first-order valence-electron chi connectivity index (χ1n) is 1.05. The zero-order valence-corrected chi connectivity index (χ0v) is 3.51. The molecule has 0 fully saturated rings. The molecule has 0 heterocycles. The molecule has 0 aliphatic carbocycles. The monoisotopic (exact) mass is 91.0 g/mol. The van der Waals surface area contributed by atoms with Crippen LogP contribution in [0.5, 0.6) is 0 Å². The topological polar surface area (TPSA) is 37.3 Å². The van der Waals surface area contributed by atoms with Crippen LogP contribution in [0.3, 0.4) is 0 Å². The van der Waals surface area contributed by atoms with E-state index < -0.39 is 8.03 Å². The maximum Gasteiger partial charge on any atom is 0.211 e. The van der Waals surface area contributed by atoms with E-state index in [2.05, 4.69) is 6.58 Å².